The van der Waals surface area contributed by atoms with Gasteiger partial charge in [-0.25, -0.2) is 9.79 Å². The topological polar surface area (TPSA) is 82.4 Å². The van der Waals surface area contributed by atoms with E-state index in [1.165, 1.54) is 11.3 Å². The standard InChI is InChI=1S/C28H29N3O5S/c1-5-30(6-2)20-11-8-18(9-12-20)14-23-26(32)31-25(19-10-13-21-22(15-19)36-16-35-21)24(27(33)34-7-3)17(4)29-28(31)37-23/h8-15,25H,5-7,16H2,1-4H3. The Hall–Kier alpha value is -3.85. The first-order valence-corrected chi connectivity index (χ1v) is 13.2. The third-order valence-corrected chi connectivity index (χ3v) is 7.53. The lowest BCUT2D eigenvalue weighted by atomic mass is 9.95. The monoisotopic (exact) mass is 519 g/mol. The van der Waals surface area contributed by atoms with Gasteiger partial charge in [-0.1, -0.05) is 29.5 Å². The number of ether oxygens (including phenoxy) is 3. The first-order chi connectivity index (χ1) is 17.9. The Morgan fingerprint density at radius 2 is 1.86 bits per heavy atom. The molecule has 0 radical (unpaired) electrons. The van der Waals surface area contributed by atoms with E-state index in [-0.39, 0.29) is 19.0 Å². The maximum absolute atomic E-state index is 13.8. The van der Waals surface area contributed by atoms with Gasteiger partial charge in [0, 0.05) is 18.8 Å². The molecule has 1 unspecified atom stereocenters. The molecule has 9 heteroatoms. The number of hydrogen-bond donors (Lipinski definition) is 0. The molecule has 0 saturated carbocycles. The molecule has 0 bridgehead atoms. The molecule has 1 atom stereocenters. The van der Waals surface area contributed by atoms with Crippen molar-refractivity contribution in [1.29, 1.82) is 0 Å². The van der Waals surface area contributed by atoms with Gasteiger partial charge in [0.2, 0.25) is 6.79 Å². The van der Waals surface area contributed by atoms with E-state index in [9.17, 15) is 9.59 Å². The van der Waals surface area contributed by atoms with Gasteiger partial charge >= 0.3 is 5.97 Å². The van der Waals surface area contributed by atoms with E-state index < -0.39 is 12.0 Å². The molecule has 3 aromatic rings. The first-order valence-electron chi connectivity index (χ1n) is 12.4. The number of carbonyl (C=O) groups is 1. The van der Waals surface area contributed by atoms with Crippen LogP contribution in [0, 0.1) is 0 Å². The van der Waals surface area contributed by atoms with Gasteiger partial charge in [-0.05, 0) is 69.2 Å². The number of allylic oxidation sites excluding steroid dienone is 1. The van der Waals surface area contributed by atoms with E-state index in [0.717, 1.165) is 29.9 Å². The number of nitrogens with zero attached hydrogens (tertiary/aromatic N) is 3. The van der Waals surface area contributed by atoms with E-state index in [1.807, 2.05) is 30.3 Å². The number of fused-ring (bicyclic) bond motifs is 2. The lowest BCUT2D eigenvalue weighted by Crippen LogP contribution is -2.39. The van der Waals surface area contributed by atoms with Crippen molar-refractivity contribution in [3.8, 4) is 11.5 Å². The van der Waals surface area contributed by atoms with E-state index in [2.05, 4.69) is 35.9 Å². The average Bonchev–Trinajstić information content (AvgIpc) is 3.48. The fraction of sp³-hybridized carbons (Fsp3) is 0.321. The predicted molar refractivity (Wildman–Crippen MR) is 143 cm³/mol. The van der Waals surface area contributed by atoms with Crippen molar-refractivity contribution in [1.82, 2.24) is 4.57 Å². The van der Waals surface area contributed by atoms with Crippen molar-refractivity contribution >= 4 is 29.1 Å². The maximum atomic E-state index is 13.8. The highest BCUT2D eigenvalue weighted by Crippen LogP contribution is 2.38. The van der Waals surface area contributed by atoms with E-state index in [1.54, 1.807) is 24.5 Å². The number of rotatable bonds is 7. The minimum atomic E-state index is -0.697. The highest BCUT2D eigenvalue weighted by Gasteiger charge is 2.34. The summed E-state index contributed by atoms with van der Waals surface area (Å²) < 4.78 is 18.5. The predicted octanol–water partition coefficient (Wildman–Crippen LogP) is 3.37. The number of anilines is 1. The van der Waals surface area contributed by atoms with Crippen LogP contribution in [0.4, 0.5) is 5.69 Å². The molecule has 0 N–H and O–H groups in total. The van der Waals surface area contributed by atoms with Crippen molar-refractivity contribution in [2.24, 2.45) is 4.99 Å². The van der Waals surface area contributed by atoms with Gasteiger partial charge in [-0.3, -0.25) is 9.36 Å². The van der Waals surface area contributed by atoms with E-state index in [4.69, 9.17) is 14.2 Å². The van der Waals surface area contributed by atoms with Gasteiger partial charge in [-0.15, -0.1) is 0 Å². The molecule has 0 saturated heterocycles. The Labute approximate surface area is 218 Å². The Morgan fingerprint density at radius 3 is 2.57 bits per heavy atom. The van der Waals surface area contributed by atoms with Crippen LogP contribution in [0.25, 0.3) is 6.08 Å². The molecule has 1 aromatic heterocycles. The minimum Gasteiger partial charge on any atom is -0.463 e. The number of carbonyl (C=O) groups excluding carboxylic acids is 1. The Balaban J connectivity index is 1.63. The van der Waals surface area contributed by atoms with Crippen LogP contribution in [-0.2, 0) is 9.53 Å². The van der Waals surface area contributed by atoms with E-state index >= 15 is 0 Å². The number of thiazole rings is 1. The summed E-state index contributed by atoms with van der Waals surface area (Å²) in [6, 6.07) is 12.9. The highest BCUT2D eigenvalue weighted by atomic mass is 32.1. The Bertz CT molecular complexity index is 1550. The molecule has 2 aromatic carbocycles. The largest absolute Gasteiger partial charge is 0.463 e. The fourth-order valence-electron chi connectivity index (χ4n) is 4.71. The second-order valence-corrected chi connectivity index (χ2v) is 9.69. The molecule has 192 valence electrons. The zero-order valence-electron chi connectivity index (χ0n) is 21.3. The molecule has 8 nitrogen and oxygen atoms in total. The molecular formula is C28H29N3O5S. The van der Waals surface area contributed by atoms with Crippen molar-refractivity contribution in [3.63, 3.8) is 0 Å². The van der Waals surface area contributed by atoms with E-state index in [0.29, 0.717) is 32.1 Å². The lowest BCUT2D eigenvalue weighted by molar-refractivity contribution is -0.139. The summed E-state index contributed by atoms with van der Waals surface area (Å²) in [5, 5.41) is 0. The van der Waals surface area contributed by atoms with Crippen molar-refractivity contribution in [3.05, 3.63) is 84.5 Å². The summed E-state index contributed by atoms with van der Waals surface area (Å²) in [5.74, 6) is 0.709. The Morgan fingerprint density at radius 1 is 1.14 bits per heavy atom. The molecule has 2 aliphatic heterocycles. The van der Waals surface area contributed by atoms with Gasteiger partial charge in [0.15, 0.2) is 16.3 Å². The Kier molecular flexibility index (Phi) is 6.88. The van der Waals surface area contributed by atoms with Gasteiger partial charge < -0.3 is 19.1 Å². The van der Waals surface area contributed by atoms with Gasteiger partial charge in [0.05, 0.1) is 28.5 Å². The van der Waals surface area contributed by atoms with Crippen molar-refractivity contribution < 1.29 is 19.0 Å². The fourth-order valence-corrected chi connectivity index (χ4v) is 5.76. The molecule has 2 aliphatic rings. The smallest absolute Gasteiger partial charge is 0.338 e. The lowest BCUT2D eigenvalue weighted by Gasteiger charge is -2.24. The van der Waals surface area contributed by atoms with Gasteiger partial charge in [0.25, 0.3) is 5.56 Å². The van der Waals surface area contributed by atoms with Crippen LogP contribution in [0.5, 0.6) is 11.5 Å². The maximum Gasteiger partial charge on any atom is 0.338 e. The molecule has 5 rings (SSSR count). The summed E-state index contributed by atoms with van der Waals surface area (Å²) in [6.45, 7) is 9.99. The number of hydrogen-bond acceptors (Lipinski definition) is 8. The molecule has 3 heterocycles. The van der Waals surface area contributed by atoms with Gasteiger partial charge in [0.1, 0.15) is 0 Å². The third kappa shape index (κ3) is 4.55. The highest BCUT2D eigenvalue weighted by molar-refractivity contribution is 7.07. The minimum absolute atomic E-state index is 0.133. The normalized spacial score (nSPS) is 16.4. The second-order valence-electron chi connectivity index (χ2n) is 8.68. The first kappa shape index (κ1) is 24.8. The molecule has 0 amide bonds. The van der Waals surface area contributed by atoms with Crippen LogP contribution in [0.2, 0.25) is 0 Å². The number of esters is 1. The third-order valence-electron chi connectivity index (χ3n) is 6.55. The quantitative estimate of drug-likeness (QED) is 0.445. The average molecular weight is 520 g/mol. The van der Waals surface area contributed by atoms with Crippen LogP contribution in [-0.4, -0.2) is 37.0 Å². The zero-order chi connectivity index (χ0) is 26.1. The summed E-state index contributed by atoms with van der Waals surface area (Å²) in [5.41, 5.74) is 3.43. The number of benzene rings is 2. The summed E-state index contributed by atoms with van der Waals surface area (Å²) in [4.78, 5) is 34.3. The van der Waals surface area contributed by atoms with Crippen LogP contribution in [0.3, 0.4) is 0 Å². The second kappa shape index (κ2) is 10.3. The number of aromatic nitrogens is 1. The van der Waals surface area contributed by atoms with Crippen LogP contribution >= 0.6 is 11.3 Å². The van der Waals surface area contributed by atoms with Crippen LogP contribution < -0.4 is 29.3 Å². The SMILES string of the molecule is CCOC(=O)C1=C(C)N=c2sc(=Cc3ccc(N(CC)CC)cc3)c(=O)n2C1c1ccc2c(c1)OCO2. The summed E-state index contributed by atoms with van der Waals surface area (Å²) >= 11 is 1.31. The molecule has 37 heavy (non-hydrogen) atoms. The molecule has 0 spiro atoms. The molecule has 0 aliphatic carbocycles. The van der Waals surface area contributed by atoms with Crippen LogP contribution in [0.1, 0.15) is 44.9 Å². The summed E-state index contributed by atoms with van der Waals surface area (Å²) in [7, 11) is 0. The molecular weight excluding hydrogens is 490 g/mol. The summed E-state index contributed by atoms with van der Waals surface area (Å²) in [6.07, 6.45) is 1.87. The van der Waals surface area contributed by atoms with Crippen molar-refractivity contribution in [2.75, 3.05) is 31.4 Å². The van der Waals surface area contributed by atoms with Crippen molar-refractivity contribution in [2.45, 2.75) is 33.7 Å². The zero-order valence-corrected chi connectivity index (χ0v) is 22.1. The molecule has 0 fully saturated rings. The van der Waals surface area contributed by atoms with Gasteiger partial charge in [-0.2, -0.15) is 0 Å². The van der Waals surface area contributed by atoms with Crippen LogP contribution in [0.15, 0.2) is 63.5 Å².